The highest BCUT2D eigenvalue weighted by Gasteiger charge is 2.27. The summed E-state index contributed by atoms with van der Waals surface area (Å²) in [5.74, 6) is -0.106. The van der Waals surface area contributed by atoms with Crippen molar-refractivity contribution in [3.63, 3.8) is 0 Å². The highest BCUT2D eigenvalue weighted by atomic mass is 16.2. The molecule has 0 fully saturated rings. The Morgan fingerprint density at radius 1 is 0.844 bits per heavy atom. The fraction of sp³-hybridized carbons (Fsp3) is 0.500. The average molecular weight is 437 g/mol. The lowest BCUT2D eigenvalue weighted by atomic mass is 9.86. The highest BCUT2D eigenvalue weighted by Crippen LogP contribution is 2.22. The Labute approximate surface area is 194 Å². The van der Waals surface area contributed by atoms with Gasteiger partial charge in [0.1, 0.15) is 6.04 Å². The smallest absolute Gasteiger partial charge is 0.242 e. The van der Waals surface area contributed by atoms with Gasteiger partial charge in [-0.05, 0) is 62.6 Å². The maximum atomic E-state index is 13.2. The van der Waals surface area contributed by atoms with Crippen molar-refractivity contribution in [2.24, 2.45) is 0 Å². The first kappa shape index (κ1) is 25.6. The molecule has 0 aliphatic heterocycles. The number of hydrogen-bond donors (Lipinski definition) is 1. The van der Waals surface area contributed by atoms with Crippen molar-refractivity contribution in [1.82, 2.24) is 10.2 Å². The molecule has 2 amide bonds. The molecule has 0 aromatic heterocycles. The Balaban J connectivity index is 2.09. The zero-order valence-corrected chi connectivity index (χ0v) is 20.9. The van der Waals surface area contributed by atoms with Crippen molar-refractivity contribution in [3.05, 3.63) is 71.3 Å². The summed E-state index contributed by atoms with van der Waals surface area (Å²) in [6.45, 7) is 14.8. The van der Waals surface area contributed by atoms with Gasteiger partial charge in [-0.3, -0.25) is 9.59 Å². The first-order chi connectivity index (χ1) is 14.9. The highest BCUT2D eigenvalue weighted by molar-refractivity contribution is 5.87. The van der Waals surface area contributed by atoms with Gasteiger partial charge in [0, 0.05) is 18.5 Å². The van der Waals surface area contributed by atoms with Gasteiger partial charge in [0.15, 0.2) is 0 Å². The minimum Gasteiger partial charge on any atom is -0.350 e. The van der Waals surface area contributed by atoms with Gasteiger partial charge in [-0.25, -0.2) is 0 Å². The van der Waals surface area contributed by atoms with E-state index in [1.165, 1.54) is 5.56 Å². The summed E-state index contributed by atoms with van der Waals surface area (Å²) < 4.78 is 0. The number of hydrogen-bond acceptors (Lipinski definition) is 2. The molecular weight excluding hydrogens is 396 g/mol. The lowest BCUT2D eigenvalue weighted by molar-refractivity contribution is -0.140. The number of aryl methyl sites for hydroxylation is 1. The Hall–Kier alpha value is -2.62. The van der Waals surface area contributed by atoms with E-state index in [1.807, 2.05) is 45.9 Å². The second kappa shape index (κ2) is 10.8. The van der Waals surface area contributed by atoms with Gasteiger partial charge in [-0.2, -0.15) is 0 Å². The number of nitrogens with zero attached hydrogens (tertiary/aromatic N) is 1. The van der Waals surface area contributed by atoms with Crippen LogP contribution in [-0.2, 0) is 27.8 Å². The van der Waals surface area contributed by atoms with Crippen LogP contribution in [0.15, 0.2) is 54.6 Å². The summed E-state index contributed by atoms with van der Waals surface area (Å²) in [6, 6.07) is 18.1. The predicted octanol–water partition coefficient (Wildman–Crippen LogP) is 5.29. The van der Waals surface area contributed by atoms with E-state index >= 15 is 0 Å². The van der Waals surface area contributed by atoms with Gasteiger partial charge in [0.25, 0.3) is 0 Å². The molecule has 1 atom stereocenters. The molecule has 0 aliphatic rings. The molecule has 0 radical (unpaired) electrons. The first-order valence-electron chi connectivity index (χ1n) is 11.6. The van der Waals surface area contributed by atoms with Crippen LogP contribution in [0, 0.1) is 0 Å². The van der Waals surface area contributed by atoms with Crippen LogP contribution in [0.5, 0.6) is 0 Å². The predicted molar refractivity (Wildman–Crippen MR) is 133 cm³/mol. The lowest BCUT2D eigenvalue weighted by Gasteiger charge is -2.31. The molecule has 32 heavy (non-hydrogen) atoms. The van der Waals surface area contributed by atoms with E-state index in [2.05, 4.69) is 62.5 Å². The van der Waals surface area contributed by atoms with Crippen LogP contribution in [0.2, 0.25) is 0 Å². The molecule has 0 spiro atoms. The summed E-state index contributed by atoms with van der Waals surface area (Å²) in [5.41, 5.74) is 3.35. The second-order valence-electron chi connectivity index (χ2n) is 10.7. The third kappa shape index (κ3) is 8.14. The Kier molecular flexibility index (Phi) is 8.65. The van der Waals surface area contributed by atoms with Gasteiger partial charge in [-0.1, -0.05) is 75.4 Å². The molecule has 0 saturated carbocycles. The van der Waals surface area contributed by atoms with E-state index in [0.29, 0.717) is 19.4 Å². The topological polar surface area (TPSA) is 49.4 Å². The van der Waals surface area contributed by atoms with Crippen LogP contribution < -0.4 is 5.32 Å². The van der Waals surface area contributed by atoms with Gasteiger partial charge < -0.3 is 10.2 Å². The van der Waals surface area contributed by atoms with Crippen molar-refractivity contribution in [2.75, 3.05) is 6.54 Å². The number of nitrogens with one attached hydrogen (secondary N) is 1. The Morgan fingerprint density at radius 3 is 1.94 bits per heavy atom. The molecule has 4 heteroatoms. The van der Waals surface area contributed by atoms with Crippen LogP contribution in [0.25, 0.3) is 0 Å². The van der Waals surface area contributed by atoms with E-state index < -0.39 is 6.04 Å². The zero-order valence-electron chi connectivity index (χ0n) is 20.9. The standard InChI is InChI=1S/C28H40N2O2/c1-21(26(32)29-28(5,6)7)30(20-19-22-11-9-8-10-12-22)25(31)18-15-23-13-16-24(17-14-23)27(2,3)4/h8-14,16-17,21H,15,18-20H2,1-7H3,(H,29,32). The van der Waals surface area contributed by atoms with Crippen LogP contribution >= 0.6 is 0 Å². The number of carbonyl (C=O) groups is 2. The maximum absolute atomic E-state index is 13.2. The minimum absolute atomic E-state index is 0.0115. The Bertz CT molecular complexity index is 874. The number of carbonyl (C=O) groups excluding carboxylic acids is 2. The summed E-state index contributed by atoms with van der Waals surface area (Å²) in [6.07, 6.45) is 1.77. The van der Waals surface area contributed by atoms with Gasteiger partial charge in [-0.15, -0.1) is 0 Å². The summed E-state index contributed by atoms with van der Waals surface area (Å²) in [7, 11) is 0. The molecule has 174 valence electrons. The van der Waals surface area contributed by atoms with E-state index in [1.54, 1.807) is 4.90 Å². The number of benzene rings is 2. The van der Waals surface area contributed by atoms with E-state index in [9.17, 15) is 9.59 Å². The normalized spacial score (nSPS) is 12.8. The summed E-state index contributed by atoms with van der Waals surface area (Å²) in [4.78, 5) is 27.8. The van der Waals surface area contributed by atoms with E-state index in [4.69, 9.17) is 0 Å². The SMILES string of the molecule is CC(C(=O)NC(C)(C)C)N(CCc1ccccc1)C(=O)CCc1ccc(C(C)(C)C)cc1. The maximum Gasteiger partial charge on any atom is 0.242 e. The molecular formula is C28H40N2O2. The molecule has 2 aromatic carbocycles. The fourth-order valence-corrected chi connectivity index (χ4v) is 3.61. The number of rotatable bonds is 8. The molecule has 0 heterocycles. The molecule has 0 bridgehead atoms. The van der Waals surface area contributed by atoms with Crippen LogP contribution in [0.4, 0.5) is 0 Å². The monoisotopic (exact) mass is 436 g/mol. The molecule has 0 saturated heterocycles. The largest absolute Gasteiger partial charge is 0.350 e. The van der Waals surface area contributed by atoms with Crippen molar-refractivity contribution < 1.29 is 9.59 Å². The van der Waals surface area contributed by atoms with Crippen LogP contribution in [-0.4, -0.2) is 34.8 Å². The Morgan fingerprint density at radius 2 is 1.41 bits per heavy atom. The van der Waals surface area contributed by atoms with Crippen LogP contribution in [0.3, 0.4) is 0 Å². The molecule has 2 aromatic rings. The molecule has 2 rings (SSSR count). The minimum atomic E-state index is -0.520. The quantitative estimate of drug-likeness (QED) is 0.611. The summed E-state index contributed by atoms with van der Waals surface area (Å²) >= 11 is 0. The molecule has 1 N–H and O–H groups in total. The lowest BCUT2D eigenvalue weighted by Crippen LogP contribution is -2.53. The molecule has 0 aliphatic carbocycles. The summed E-state index contributed by atoms with van der Waals surface area (Å²) in [5, 5.41) is 3.01. The average Bonchev–Trinajstić information content (AvgIpc) is 2.71. The van der Waals surface area contributed by atoms with Crippen molar-refractivity contribution >= 4 is 11.8 Å². The van der Waals surface area contributed by atoms with Crippen molar-refractivity contribution in [2.45, 2.75) is 84.7 Å². The second-order valence-corrected chi connectivity index (χ2v) is 10.7. The van der Waals surface area contributed by atoms with E-state index in [-0.39, 0.29) is 22.8 Å². The van der Waals surface area contributed by atoms with Gasteiger partial charge in [0.05, 0.1) is 0 Å². The van der Waals surface area contributed by atoms with Crippen molar-refractivity contribution in [3.8, 4) is 0 Å². The first-order valence-corrected chi connectivity index (χ1v) is 11.6. The third-order valence-electron chi connectivity index (χ3n) is 5.60. The van der Waals surface area contributed by atoms with Crippen molar-refractivity contribution in [1.29, 1.82) is 0 Å². The van der Waals surface area contributed by atoms with Gasteiger partial charge in [0.2, 0.25) is 11.8 Å². The van der Waals surface area contributed by atoms with E-state index in [0.717, 1.165) is 17.5 Å². The fourth-order valence-electron chi connectivity index (χ4n) is 3.61. The van der Waals surface area contributed by atoms with Gasteiger partial charge >= 0.3 is 0 Å². The molecule has 4 nitrogen and oxygen atoms in total. The number of amides is 2. The van der Waals surface area contributed by atoms with Crippen LogP contribution in [0.1, 0.15) is 71.6 Å². The molecule has 1 unspecified atom stereocenters. The third-order valence-corrected chi connectivity index (χ3v) is 5.60. The zero-order chi connectivity index (χ0) is 23.9.